The van der Waals surface area contributed by atoms with Crippen LogP contribution in [0.15, 0.2) is 48.5 Å². The molecule has 4 nitrogen and oxygen atoms in total. The molecule has 0 N–H and O–H groups in total. The van der Waals surface area contributed by atoms with E-state index in [1.165, 1.54) is 12.1 Å². The number of benzene rings is 2. The van der Waals surface area contributed by atoms with Crippen molar-refractivity contribution in [3.63, 3.8) is 0 Å². The van der Waals surface area contributed by atoms with Gasteiger partial charge in [-0.3, -0.25) is 4.79 Å². The highest BCUT2D eigenvalue weighted by Gasteiger charge is 2.26. The van der Waals surface area contributed by atoms with Crippen LogP contribution in [0.5, 0.6) is 5.75 Å². The van der Waals surface area contributed by atoms with Gasteiger partial charge in [0.15, 0.2) is 6.10 Å². The number of hydrogen-bond acceptors (Lipinski definition) is 3. The molecule has 0 aromatic heterocycles. The molecule has 1 aliphatic heterocycles. The van der Waals surface area contributed by atoms with Gasteiger partial charge in [-0.1, -0.05) is 23.7 Å². The molecule has 1 saturated heterocycles. The third-order valence-electron chi connectivity index (χ3n) is 4.27. The zero-order chi connectivity index (χ0) is 17.8. The SMILES string of the molecule is C[C@@H](Oc1ccccc1Cl)C(=O)N1CCN(c2ccc(F)cc2)CC1. The van der Waals surface area contributed by atoms with Gasteiger partial charge >= 0.3 is 0 Å². The molecule has 1 aliphatic rings. The Morgan fingerprint density at radius 1 is 1.08 bits per heavy atom. The van der Waals surface area contributed by atoms with E-state index in [4.69, 9.17) is 16.3 Å². The summed E-state index contributed by atoms with van der Waals surface area (Å²) < 4.78 is 18.7. The van der Waals surface area contributed by atoms with E-state index in [-0.39, 0.29) is 11.7 Å². The van der Waals surface area contributed by atoms with E-state index in [1.54, 1.807) is 36.1 Å². The molecule has 6 heteroatoms. The van der Waals surface area contributed by atoms with Gasteiger partial charge in [0.2, 0.25) is 0 Å². The molecule has 25 heavy (non-hydrogen) atoms. The number of amides is 1. The van der Waals surface area contributed by atoms with Crippen molar-refractivity contribution in [3.05, 3.63) is 59.4 Å². The Bertz CT molecular complexity index is 730. The second-order valence-electron chi connectivity index (χ2n) is 5.98. The van der Waals surface area contributed by atoms with Gasteiger partial charge in [0.05, 0.1) is 5.02 Å². The first-order valence-corrected chi connectivity index (χ1v) is 8.63. The molecular weight excluding hydrogens is 343 g/mol. The van der Waals surface area contributed by atoms with Crippen molar-refractivity contribution in [2.75, 3.05) is 31.1 Å². The van der Waals surface area contributed by atoms with Crippen LogP contribution >= 0.6 is 11.6 Å². The fourth-order valence-electron chi connectivity index (χ4n) is 2.88. The number of piperazine rings is 1. The number of carbonyl (C=O) groups is 1. The predicted octanol–water partition coefficient (Wildman–Crippen LogP) is 3.60. The van der Waals surface area contributed by atoms with Gasteiger partial charge in [0.1, 0.15) is 11.6 Å². The Morgan fingerprint density at radius 2 is 1.72 bits per heavy atom. The molecule has 132 valence electrons. The average Bonchev–Trinajstić information content (AvgIpc) is 2.64. The molecule has 3 rings (SSSR count). The molecule has 0 radical (unpaired) electrons. The normalized spacial score (nSPS) is 15.8. The third kappa shape index (κ3) is 4.23. The number of para-hydroxylation sites is 1. The molecule has 2 aromatic rings. The van der Waals surface area contributed by atoms with Crippen LogP contribution in [0.4, 0.5) is 10.1 Å². The summed E-state index contributed by atoms with van der Waals surface area (Å²) in [4.78, 5) is 16.5. The highest BCUT2D eigenvalue weighted by molar-refractivity contribution is 6.32. The van der Waals surface area contributed by atoms with Crippen molar-refractivity contribution < 1.29 is 13.9 Å². The van der Waals surface area contributed by atoms with Crippen molar-refractivity contribution in [3.8, 4) is 5.75 Å². The second-order valence-corrected chi connectivity index (χ2v) is 6.39. The summed E-state index contributed by atoms with van der Waals surface area (Å²) in [5, 5.41) is 0.489. The number of rotatable bonds is 4. The van der Waals surface area contributed by atoms with Gasteiger partial charge in [0, 0.05) is 31.9 Å². The molecule has 1 amide bonds. The lowest BCUT2D eigenvalue weighted by molar-refractivity contribution is -0.138. The van der Waals surface area contributed by atoms with Crippen LogP contribution in [0.1, 0.15) is 6.92 Å². The maximum Gasteiger partial charge on any atom is 0.263 e. The molecule has 0 unspecified atom stereocenters. The second kappa shape index (κ2) is 7.74. The van der Waals surface area contributed by atoms with E-state index in [1.807, 2.05) is 12.1 Å². The van der Waals surface area contributed by atoms with E-state index >= 15 is 0 Å². The van der Waals surface area contributed by atoms with E-state index in [0.717, 1.165) is 5.69 Å². The summed E-state index contributed by atoms with van der Waals surface area (Å²) in [7, 11) is 0. The van der Waals surface area contributed by atoms with Crippen molar-refractivity contribution in [1.29, 1.82) is 0 Å². The summed E-state index contributed by atoms with van der Waals surface area (Å²) in [5.41, 5.74) is 0.967. The Balaban J connectivity index is 1.56. The minimum Gasteiger partial charge on any atom is -0.479 e. The number of nitrogens with zero attached hydrogens (tertiary/aromatic N) is 2. The summed E-state index contributed by atoms with van der Waals surface area (Å²) in [6.45, 7) is 4.35. The fourth-order valence-corrected chi connectivity index (χ4v) is 3.06. The van der Waals surface area contributed by atoms with Gasteiger partial charge < -0.3 is 14.5 Å². The molecule has 1 atom stereocenters. The van der Waals surface area contributed by atoms with Gasteiger partial charge in [-0.25, -0.2) is 4.39 Å². The molecule has 1 fully saturated rings. The van der Waals surface area contributed by atoms with Crippen LogP contribution in [-0.2, 0) is 4.79 Å². The average molecular weight is 363 g/mol. The van der Waals surface area contributed by atoms with Gasteiger partial charge in [-0.15, -0.1) is 0 Å². The van der Waals surface area contributed by atoms with E-state index in [2.05, 4.69) is 4.90 Å². The minimum atomic E-state index is -0.600. The number of hydrogen-bond donors (Lipinski definition) is 0. The Kier molecular flexibility index (Phi) is 5.43. The highest BCUT2D eigenvalue weighted by Crippen LogP contribution is 2.25. The lowest BCUT2D eigenvalue weighted by Crippen LogP contribution is -2.52. The first-order valence-electron chi connectivity index (χ1n) is 8.25. The van der Waals surface area contributed by atoms with Crippen LogP contribution in [0.25, 0.3) is 0 Å². The summed E-state index contributed by atoms with van der Waals surface area (Å²) in [6.07, 6.45) is -0.600. The number of ether oxygens (including phenoxy) is 1. The lowest BCUT2D eigenvalue weighted by Gasteiger charge is -2.37. The minimum absolute atomic E-state index is 0.0568. The molecule has 0 bridgehead atoms. The quantitative estimate of drug-likeness (QED) is 0.833. The molecule has 0 spiro atoms. The van der Waals surface area contributed by atoms with Gasteiger partial charge in [0.25, 0.3) is 5.91 Å². The number of carbonyl (C=O) groups excluding carboxylic acids is 1. The maximum absolute atomic E-state index is 13.0. The first-order chi connectivity index (χ1) is 12.0. The molecule has 1 heterocycles. The number of anilines is 1. The fraction of sp³-hybridized carbons (Fsp3) is 0.316. The Labute approximate surface area is 151 Å². The standard InChI is InChI=1S/C19H20ClFN2O2/c1-14(25-18-5-3-2-4-17(18)20)19(24)23-12-10-22(11-13-23)16-8-6-15(21)7-9-16/h2-9,14H,10-13H2,1H3/t14-/m1/s1. The van der Waals surface area contributed by atoms with Crippen molar-refractivity contribution in [2.24, 2.45) is 0 Å². The molecule has 0 saturated carbocycles. The first kappa shape index (κ1) is 17.5. The summed E-state index contributed by atoms with van der Waals surface area (Å²) >= 11 is 6.07. The molecule has 2 aromatic carbocycles. The smallest absolute Gasteiger partial charge is 0.263 e. The molecular formula is C19H20ClFN2O2. The molecule has 0 aliphatic carbocycles. The summed E-state index contributed by atoms with van der Waals surface area (Å²) in [5.74, 6) is 0.205. The topological polar surface area (TPSA) is 32.8 Å². The van der Waals surface area contributed by atoms with Crippen LogP contribution in [-0.4, -0.2) is 43.1 Å². The van der Waals surface area contributed by atoms with E-state index < -0.39 is 6.10 Å². The van der Waals surface area contributed by atoms with Crippen molar-refractivity contribution in [1.82, 2.24) is 4.90 Å². The highest BCUT2D eigenvalue weighted by atomic mass is 35.5. The summed E-state index contributed by atoms with van der Waals surface area (Å²) in [6, 6.07) is 13.5. The van der Waals surface area contributed by atoms with Crippen LogP contribution < -0.4 is 9.64 Å². The predicted molar refractivity (Wildman–Crippen MR) is 96.7 cm³/mol. The third-order valence-corrected chi connectivity index (χ3v) is 4.58. The van der Waals surface area contributed by atoms with Crippen LogP contribution in [0.2, 0.25) is 5.02 Å². The lowest BCUT2D eigenvalue weighted by atomic mass is 10.2. The van der Waals surface area contributed by atoms with Crippen molar-refractivity contribution in [2.45, 2.75) is 13.0 Å². The Hall–Kier alpha value is -2.27. The van der Waals surface area contributed by atoms with E-state index in [9.17, 15) is 9.18 Å². The monoisotopic (exact) mass is 362 g/mol. The van der Waals surface area contributed by atoms with E-state index in [0.29, 0.717) is 37.0 Å². The number of halogens is 2. The zero-order valence-corrected chi connectivity index (χ0v) is 14.7. The maximum atomic E-state index is 13.0. The van der Waals surface area contributed by atoms with Crippen molar-refractivity contribution >= 4 is 23.2 Å². The Morgan fingerprint density at radius 3 is 2.36 bits per heavy atom. The van der Waals surface area contributed by atoms with Crippen LogP contribution in [0, 0.1) is 5.82 Å². The largest absolute Gasteiger partial charge is 0.479 e. The zero-order valence-electron chi connectivity index (χ0n) is 14.0. The van der Waals surface area contributed by atoms with Gasteiger partial charge in [-0.05, 0) is 43.3 Å². The van der Waals surface area contributed by atoms with Gasteiger partial charge in [-0.2, -0.15) is 0 Å². The van der Waals surface area contributed by atoms with Crippen LogP contribution in [0.3, 0.4) is 0 Å².